The van der Waals surface area contributed by atoms with Gasteiger partial charge in [0.25, 0.3) is 5.91 Å². The molecule has 1 aromatic rings. The molecular weight excluding hydrogens is 436 g/mol. The minimum absolute atomic E-state index is 0.00664. The van der Waals surface area contributed by atoms with Crippen LogP contribution >= 0.6 is 0 Å². The van der Waals surface area contributed by atoms with E-state index in [9.17, 15) is 45.0 Å². The normalized spacial score (nSPS) is 36.0. The first-order valence-corrected chi connectivity index (χ1v) is 10.1. The van der Waals surface area contributed by atoms with Gasteiger partial charge in [-0.3, -0.25) is 19.3 Å². The molecule has 176 valence electrons. The van der Waals surface area contributed by atoms with Crippen LogP contribution in [0.1, 0.15) is 18.1 Å². The molecule has 1 amide bonds. The Balaban J connectivity index is 2.11. The monoisotopic (exact) mass is 460 g/mol. The smallest absolute Gasteiger partial charge is 0.255 e. The summed E-state index contributed by atoms with van der Waals surface area (Å²) >= 11 is 0. The van der Waals surface area contributed by atoms with Crippen molar-refractivity contribution in [3.05, 3.63) is 46.2 Å². The Morgan fingerprint density at radius 2 is 1.73 bits per heavy atom. The Bertz CT molecular complexity index is 1180. The molecule has 1 saturated carbocycles. The average molecular weight is 460 g/mol. The number of nitrogens with zero attached hydrogens (tertiary/aromatic N) is 1. The number of fused-ring (bicyclic) bond motifs is 3. The Hall–Kier alpha value is -3.25. The van der Waals surface area contributed by atoms with Gasteiger partial charge in [0.1, 0.15) is 22.8 Å². The number of aliphatic hydroxyl groups excluding tert-OH is 3. The van der Waals surface area contributed by atoms with Crippen LogP contribution in [0.15, 0.2) is 35.1 Å². The van der Waals surface area contributed by atoms with E-state index in [-0.39, 0.29) is 11.1 Å². The van der Waals surface area contributed by atoms with Crippen molar-refractivity contribution >= 4 is 23.2 Å². The fourth-order valence-electron chi connectivity index (χ4n) is 5.60. The maximum atomic E-state index is 13.7. The molecule has 0 aliphatic heterocycles. The predicted octanol–water partition coefficient (Wildman–Crippen LogP) is -1.40. The van der Waals surface area contributed by atoms with Gasteiger partial charge < -0.3 is 36.4 Å². The van der Waals surface area contributed by atoms with Crippen LogP contribution < -0.4 is 5.73 Å². The fourth-order valence-corrected chi connectivity index (χ4v) is 5.60. The van der Waals surface area contributed by atoms with Gasteiger partial charge in [-0.2, -0.15) is 0 Å². The van der Waals surface area contributed by atoms with Gasteiger partial charge in [0, 0.05) is 0 Å². The second kappa shape index (κ2) is 6.87. The zero-order valence-electron chi connectivity index (χ0n) is 18.0. The molecule has 11 heteroatoms. The number of nitrogens with two attached hydrogens (primary N) is 1. The van der Waals surface area contributed by atoms with Crippen molar-refractivity contribution in [2.24, 2.45) is 17.6 Å². The number of amides is 1. The zero-order chi connectivity index (χ0) is 24.8. The zero-order valence-corrected chi connectivity index (χ0v) is 18.0. The van der Waals surface area contributed by atoms with E-state index in [4.69, 9.17) is 5.73 Å². The Kier molecular flexibility index (Phi) is 4.78. The highest BCUT2D eigenvalue weighted by Crippen LogP contribution is 2.57. The molecule has 0 heterocycles. The quantitative estimate of drug-likeness (QED) is 0.257. The number of benzene rings is 1. The minimum Gasteiger partial charge on any atom is -0.508 e. The number of primary amides is 1. The summed E-state index contributed by atoms with van der Waals surface area (Å²) in [6.07, 6.45) is -1.87. The first-order chi connectivity index (χ1) is 15.2. The van der Waals surface area contributed by atoms with Gasteiger partial charge in [-0.1, -0.05) is 12.1 Å². The molecule has 4 rings (SSSR count). The van der Waals surface area contributed by atoms with Crippen molar-refractivity contribution in [2.75, 3.05) is 14.1 Å². The van der Waals surface area contributed by atoms with Gasteiger partial charge in [0.15, 0.2) is 11.4 Å². The molecule has 8 N–H and O–H groups in total. The largest absolute Gasteiger partial charge is 0.508 e. The molecule has 0 aromatic heterocycles. The van der Waals surface area contributed by atoms with Crippen LogP contribution in [0.4, 0.5) is 0 Å². The fraction of sp³-hybridized carbons (Fsp3) is 0.409. The molecular formula is C22H24N2O9. The third kappa shape index (κ3) is 2.61. The molecule has 11 nitrogen and oxygen atoms in total. The number of hydrogen-bond donors (Lipinski definition) is 7. The van der Waals surface area contributed by atoms with E-state index in [1.807, 2.05) is 0 Å². The molecule has 0 bridgehead atoms. The highest BCUT2D eigenvalue weighted by molar-refractivity contribution is 6.24. The summed E-state index contributed by atoms with van der Waals surface area (Å²) in [5, 5.41) is 66.3. The topological polar surface area (TPSA) is 202 Å². The third-order valence-corrected chi connectivity index (χ3v) is 7.03. The summed E-state index contributed by atoms with van der Waals surface area (Å²) in [7, 11) is 2.80. The van der Waals surface area contributed by atoms with Crippen LogP contribution in [0.5, 0.6) is 5.75 Å². The Morgan fingerprint density at radius 3 is 2.27 bits per heavy atom. The van der Waals surface area contributed by atoms with Crippen molar-refractivity contribution < 1.29 is 45.0 Å². The van der Waals surface area contributed by atoms with Gasteiger partial charge in [0.2, 0.25) is 5.78 Å². The summed E-state index contributed by atoms with van der Waals surface area (Å²) in [6.45, 7) is 1.25. The van der Waals surface area contributed by atoms with Crippen LogP contribution in [0, 0.1) is 11.8 Å². The molecule has 1 aromatic carbocycles. The van der Waals surface area contributed by atoms with E-state index in [2.05, 4.69) is 0 Å². The number of aromatic hydroxyl groups is 1. The maximum Gasteiger partial charge on any atom is 0.255 e. The summed E-state index contributed by atoms with van der Waals surface area (Å²) in [6, 6.07) is 2.50. The van der Waals surface area contributed by atoms with Crippen molar-refractivity contribution in [1.82, 2.24) is 4.90 Å². The molecule has 1 fully saturated rings. The van der Waals surface area contributed by atoms with E-state index < -0.39 is 81.1 Å². The van der Waals surface area contributed by atoms with Crippen LogP contribution in [-0.2, 0) is 20.0 Å². The van der Waals surface area contributed by atoms with Crippen LogP contribution in [0.3, 0.4) is 0 Å². The van der Waals surface area contributed by atoms with Gasteiger partial charge in [-0.25, -0.2) is 0 Å². The number of rotatable bonds is 2. The van der Waals surface area contributed by atoms with E-state index in [1.54, 1.807) is 0 Å². The molecule has 0 spiro atoms. The van der Waals surface area contributed by atoms with Crippen LogP contribution in [0.2, 0.25) is 0 Å². The molecule has 33 heavy (non-hydrogen) atoms. The standard InChI is InChI=1S/C22H24N2O9/c1-21(32)7-5-4-6-8(25)9(7)15(26)10-12(21)17(28)13-14(24(2)3)16(27)11(20(23)31)19(30)22(13,33)18(10)29/h4-6,12-14,17,25-26,28,30,32-33H,1-3H3,(H2,23,31)/t12-,13-,14-,17-,21-,22+/m0/s1. The molecule has 6 atom stereocenters. The van der Waals surface area contributed by atoms with Crippen molar-refractivity contribution in [3.8, 4) is 5.75 Å². The molecule has 0 unspecified atom stereocenters. The first kappa shape index (κ1) is 22.9. The van der Waals surface area contributed by atoms with Crippen LogP contribution in [-0.4, -0.2) is 84.9 Å². The SMILES string of the molecule is CN(C)[C@@H]1C(=O)C(C(N)=O)=C(O)[C@]2(O)C(=O)C3=C(O)c4c(O)cccc4[C@](C)(O)[C@@H]3[C@H](O)[C@H]12. The lowest BCUT2D eigenvalue weighted by Gasteiger charge is -2.55. The van der Waals surface area contributed by atoms with Gasteiger partial charge in [-0.05, 0) is 32.6 Å². The Labute approximate surface area is 187 Å². The molecule has 3 aliphatic carbocycles. The van der Waals surface area contributed by atoms with Crippen LogP contribution in [0.25, 0.3) is 5.76 Å². The van der Waals surface area contributed by atoms with E-state index in [0.29, 0.717) is 0 Å². The second-order valence-corrected chi connectivity index (χ2v) is 9.06. The van der Waals surface area contributed by atoms with Crippen molar-refractivity contribution in [2.45, 2.75) is 30.3 Å². The third-order valence-electron chi connectivity index (χ3n) is 7.03. The lowest BCUT2D eigenvalue weighted by atomic mass is 9.53. The number of likely N-dealkylation sites (N-methyl/N-ethyl adjacent to an activating group) is 1. The maximum absolute atomic E-state index is 13.7. The van der Waals surface area contributed by atoms with Crippen molar-refractivity contribution in [1.29, 1.82) is 0 Å². The van der Waals surface area contributed by atoms with Gasteiger partial charge >= 0.3 is 0 Å². The van der Waals surface area contributed by atoms with Crippen molar-refractivity contribution in [3.63, 3.8) is 0 Å². The molecule has 0 saturated heterocycles. The van der Waals surface area contributed by atoms with Gasteiger partial charge in [0.05, 0.1) is 40.7 Å². The number of Topliss-reactive ketones (excluding diaryl/α,β-unsaturated/α-hetero) is 2. The molecule has 3 aliphatic rings. The average Bonchev–Trinajstić information content (AvgIpc) is 2.70. The summed E-state index contributed by atoms with van der Waals surface area (Å²) in [4.78, 5) is 39.9. The lowest BCUT2D eigenvalue weighted by Crippen LogP contribution is -2.71. The lowest BCUT2D eigenvalue weighted by molar-refractivity contribution is -0.181. The second-order valence-electron chi connectivity index (χ2n) is 9.06. The van der Waals surface area contributed by atoms with Gasteiger partial charge in [-0.15, -0.1) is 0 Å². The number of carbonyl (C=O) groups is 3. The molecule has 0 radical (unpaired) electrons. The first-order valence-electron chi connectivity index (χ1n) is 10.1. The van der Waals surface area contributed by atoms with E-state index >= 15 is 0 Å². The minimum atomic E-state index is -3.02. The predicted molar refractivity (Wildman–Crippen MR) is 112 cm³/mol. The number of phenolic OH excluding ortho intramolecular Hbond substituents is 1. The number of hydrogen-bond acceptors (Lipinski definition) is 10. The van der Waals surface area contributed by atoms with E-state index in [0.717, 1.165) is 0 Å². The highest BCUT2D eigenvalue weighted by Gasteiger charge is 2.70. The summed E-state index contributed by atoms with van der Waals surface area (Å²) in [5.41, 5.74) is -1.78. The number of aliphatic hydroxyl groups is 5. The number of ketones is 2. The Morgan fingerprint density at radius 1 is 1.12 bits per heavy atom. The summed E-state index contributed by atoms with van der Waals surface area (Å²) < 4.78 is 0. The number of phenols is 1. The highest BCUT2D eigenvalue weighted by atomic mass is 16.4. The summed E-state index contributed by atoms with van der Waals surface area (Å²) in [5.74, 6) is -9.67. The van der Waals surface area contributed by atoms with E-state index in [1.165, 1.54) is 44.1 Å². The number of carbonyl (C=O) groups excluding carboxylic acids is 3.